The molecule has 70 valence electrons. The first-order chi connectivity index (χ1) is 6.00. The summed E-state index contributed by atoms with van der Waals surface area (Å²) in [5, 5.41) is 1.98. The smallest absolute Gasteiger partial charge is 0.305 e. The van der Waals surface area contributed by atoms with Gasteiger partial charge < -0.3 is 5.32 Å². The second kappa shape index (κ2) is 3.47. The van der Waals surface area contributed by atoms with Gasteiger partial charge in [0.05, 0.1) is 0 Å². The molecule has 0 fully saturated rings. The van der Waals surface area contributed by atoms with Crippen LogP contribution in [0.5, 0.6) is 0 Å². The predicted octanol–water partition coefficient (Wildman–Crippen LogP) is 1.68. The van der Waals surface area contributed by atoms with E-state index in [9.17, 15) is 13.6 Å². The fraction of sp³-hybridized carbons (Fsp3) is 0.250. The molecule has 0 aromatic carbocycles. The van der Waals surface area contributed by atoms with Gasteiger partial charge in [-0.25, -0.2) is 4.98 Å². The van der Waals surface area contributed by atoms with Crippen molar-refractivity contribution in [3.8, 4) is 0 Å². The number of hydrogen-bond donors (Lipinski definition) is 1. The predicted molar refractivity (Wildman–Crippen MR) is 43.5 cm³/mol. The Labute approximate surface area is 73.8 Å². The van der Waals surface area contributed by atoms with Gasteiger partial charge in [0.15, 0.2) is 0 Å². The number of nitrogens with zero attached hydrogens (tertiary/aromatic N) is 1. The van der Waals surface area contributed by atoms with Crippen LogP contribution in [0.1, 0.15) is 6.92 Å². The molecule has 1 rings (SSSR count). The number of anilines is 1. The Bertz CT molecular complexity index is 295. The van der Waals surface area contributed by atoms with Crippen molar-refractivity contribution in [1.29, 1.82) is 0 Å². The molecule has 0 unspecified atom stereocenters. The van der Waals surface area contributed by atoms with Gasteiger partial charge in [0.1, 0.15) is 5.82 Å². The van der Waals surface area contributed by atoms with Gasteiger partial charge in [-0.15, -0.1) is 0 Å². The van der Waals surface area contributed by atoms with Crippen LogP contribution < -0.4 is 5.32 Å². The number of alkyl halides is 2. The molecule has 1 aromatic rings. The molecule has 0 spiro atoms. The lowest BCUT2D eigenvalue weighted by atomic mass is 10.3. The highest BCUT2D eigenvalue weighted by Crippen LogP contribution is 2.14. The zero-order valence-corrected chi connectivity index (χ0v) is 6.92. The molecule has 0 aliphatic rings. The summed E-state index contributed by atoms with van der Waals surface area (Å²) in [6.07, 6.45) is 1.41. The third-order valence-electron chi connectivity index (χ3n) is 1.31. The molecule has 13 heavy (non-hydrogen) atoms. The fourth-order valence-corrected chi connectivity index (χ4v) is 0.663. The molecule has 0 aliphatic heterocycles. The van der Waals surface area contributed by atoms with Gasteiger partial charge in [0, 0.05) is 13.1 Å². The summed E-state index contributed by atoms with van der Waals surface area (Å²) in [7, 11) is 0. The van der Waals surface area contributed by atoms with Crippen molar-refractivity contribution in [3.05, 3.63) is 24.4 Å². The van der Waals surface area contributed by atoms with Crippen LogP contribution in [0.4, 0.5) is 14.6 Å². The number of amides is 1. The van der Waals surface area contributed by atoms with Crippen molar-refractivity contribution < 1.29 is 13.6 Å². The second-order valence-electron chi connectivity index (χ2n) is 2.56. The molecule has 1 heterocycles. The average molecular weight is 186 g/mol. The van der Waals surface area contributed by atoms with E-state index in [-0.39, 0.29) is 5.82 Å². The molecular formula is C8H8F2N2O. The number of rotatable bonds is 2. The molecule has 0 radical (unpaired) electrons. The normalized spacial score (nSPS) is 11.0. The van der Waals surface area contributed by atoms with E-state index in [2.05, 4.69) is 4.98 Å². The maximum absolute atomic E-state index is 12.4. The van der Waals surface area contributed by atoms with Crippen LogP contribution in [0.3, 0.4) is 0 Å². The lowest BCUT2D eigenvalue weighted by Crippen LogP contribution is -2.31. The standard InChI is InChI=1S/C8H8F2N2O/c1-8(9,10)7(13)12-6-4-2-3-5-11-6/h2-5H,1H3,(H,11,12,13). The van der Waals surface area contributed by atoms with Gasteiger partial charge >= 0.3 is 5.92 Å². The average Bonchev–Trinajstić information content (AvgIpc) is 2.04. The first kappa shape index (κ1) is 9.57. The zero-order chi connectivity index (χ0) is 9.90. The van der Waals surface area contributed by atoms with Gasteiger partial charge in [-0.1, -0.05) is 6.07 Å². The molecule has 0 saturated carbocycles. The van der Waals surface area contributed by atoms with E-state index in [0.717, 1.165) is 0 Å². The van der Waals surface area contributed by atoms with Crippen molar-refractivity contribution in [1.82, 2.24) is 4.98 Å². The Balaban J connectivity index is 2.66. The zero-order valence-electron chi connectivity index (χ0n) is 6.92. The van der Waals surface area contributed by atoms with Crippen molar-refractivity contribution >= 4 is 11.7 Å². The minimum atomic E-state index is -3.38. The number of pyridine rings is 1. The molecule has 1 amide bonds. The maximum atomic E-state index is 12.4. The third kappa shape index (κ3) is 2.77. The van der Waals surface area contributed by atoms with Crippen molar-refractivity contribution in [2.45, 2.75) is 12.8 Å². The summed E-state index contributed by atoms with van der Waals surface area (Å²) >= 11 is 0. The summed E-state index contributed by atoms with van der Waals surface area (Å²) in [5.41, 5.74) is 0. The van der Waals surface area contributed by atoms with Crippen molar-refractivity contribution in [2.24, 2.45) is 0 Å². The Kier molecular flexibility index (Phi) is 2.55. The number of carbonyl (C=O) groups excluding carboxylic acids is 1. The minimum absolute atomic E-state index is 0.119. The maximum Gasteiger partial charge on any atom is 0.322 e. The van der Waals surface area contributed by atoms with Crippen LogP contribution >= 0.6 is 0 Å². The fourth-order valence-electron chi connectivity index (χ4n) is 0.663. The highest BCUT2D eigenvalue weighted by atomic mass is 19.3. The Morgan fingerprint density at radius 1 is 1.54 bits per heavy atom. The van der Waals surface area contributed by atoms with Crippen molar-refractivity contribution in [3.63, 3.8) is 0 Å². The van der Waals surface area contributed by atoms with Crippen molar-refractivity contribution in [2.75, 3.05) is 5.32 Å². The third-order valence-corrected chi connectivity index (χ3v) is 1.31. The molecular weight excluding hydrogens is 178 g/mol. The second-order valence-corrected chi connectivity index (χ2v) is 2.56. The molecule has 0 atom stereocenters. The minimum Gasteiger partial charge on any atom is -0.305 e. The number of carbonyl (C=O) groups is 1. The van der Waals surface area contributed by atoms with Gasteiger partial charge in [-0.2, -0.15) is 8.78 Å². The van der Waals surface area contributed by atoms with E-state index in [4.69, 9.17) is 0 Å². The highest BCUT2D eigenvalue weighted by Gasteiger charge is 2.32. The molecule has 0 bridgehead atoms. The van der Waals surface area contributed by atoms with Gasteiger partial charge in [-0.3, -0.25) is 4.79 Å². The summed E-state index contributed by atoms with van der Waals surface area (Å²) in [5.74, 6) is -4.61. The number of aromatic nitrogens is 1. The SMILES string of the molecule is CC(F)(F)C(=O)Nc1ccccn1. The van der Waals surface area contributed by atoms with Gasteiger partial charge in [0.25, 0.3) is 5.91 Å². The summed E-state index contributed by atoms with van der Waals surface area (Å²) in [4.78, 5) is 14.4. The van der Waals surface area contributed by atoms with Crippen LogP contribution in [0, 0.1) is 0 Å². The van der Waals surface area contributed by atoms with E-state index < -0.39 is 11.8 Å². The van der Waals surface area contributed by atoms with E-state index in [1.165, 1.54) is 12.3 Å². The molecule has 1 N–H and O–H groups in total. The van der Waals surface area contributed by atoms with Gasteiger partial charge in [-0.05, 0) is 12.1 Å². The summed E-state index contributed by atoms with van der Waals surface area (Å²) in [6, 6.07) is 4.65. The van der Waals surface area contributed by atoms with Crippen LogP contribution in [-0.2, 0) is 4.79 Å². The van der Waals surface area contributed by atoms with E-state index >= 15 is 0 Å². The van der Waals surface area contributed by atoms with Crippen LogP contribution in [-0.4, -0.2) is 16.8 Å². The van der Waals surface area contributed by atoms with E-state index in [1.807, 2.05) is 5.32 Å². The van der Waals surface area contributed by atoms with E-state index in [1.54, 1.807) is 12.1 Å². The topological polar surface area (TPSA) is 42.0 Å². The first-order valence-electron chi connectivity index (χ1n) is 3.60. The molecule has 0 aliphatic carbocycles. The molecule has 3 nitrogen and oxygen atoms in total. The largest absolute Gasteiger partial charge is 0.322 e. The Morgan fingerprint density at radius 3 is 2.69 bits per heavy atom. The molecule has 5 heteroatoms. The first-order valence-corrected chi connectivity index (χ1v) is 3.60. The monoisotopic (exact) mass is 186 g/mol. The summed E-state index contributed by atoms with van der Waals surface area (Å²) < 4.78 is 24.7. The highest BCUT2D eigenvalue weighted by molar-refractivity contribution is 5.94. The number of nitrogens with one attached hydrogen (secondary N) is 1. The van der Waals surface area contributed by atoms with Crippen LogP contribution in [0.2, 0.25) is 0 Å². The Hall–Kier alpha value is -1.52. The number of hydrogen-bond acceptors (Lipinski definition) is 2. The van der Waals surface area contributed by atoms with Crippen LogP contribution in [0.15, 0.2) is 24.4 Å². The van der Waals surface area contributed by atoms with E-state index in [0.29, 0.717) is 6.92 Å². The van der Waals surface area contributed by atoms with Gasteiger partial charge in [0.2, 0.25) is 0 Å². The lowest BCUT2D eigenvalue weighted by molar-refractivity contribution is -0.137. The Morgan fingerprint density at radius 2 is 2.23 bits per heavy atom. The quantitative estimate of drug-likeness (QED) is 0.763. The molecule has 1 aromatic heterocycles. The lowest BCUT2D eigenvalue weighted by Gasteiger charge is -2.09. The number of halogens is 2. The molecule has 0 saturated heterocycles. The van der Waals surface area contributed by atoms with Crippen LogP contribution in [0.25, 0.3) is 0 Å². The summed E-state index contributed by atoms with van der Waals surface area (Å²) in [6.45, 7) is 0.533.